The number of carboxylic acid groups (broad SMARTS) is 2. The fourth-order valence-corrected chi connectivity index (χ4v) is 16.5. The zero-order chi connectivity index (χ0) is 110. The van der Waals surface area contributed by atoms with Gasteiger partial charge in [-0.05, 0) is 134 Å². The van der Waals surface area contributed by atoms with Gasteiger partial charge in [-0.2, -0.15) is 37.0 Å². The summed E-state index contributed by atoms with van der Waals surface area (Å²) in [4.78, 5) is 203. The molecular formula is C108H187N13O26S3. The Kier molecular flexibility index (Phi) is 90.6. The molecule has 9 amide bonds. The second kappa shape index (κ2) is 97.4. The normalized spacial score (nSPS) is 13.0. The van der Waals surface area contributed by atoms with Gasteiger partial charge in [-0.1, -0.05) is 171 Å². The van der Waals surface area contributed by atoms with Crippen LogP contribution in [0.5, 0.6) is 0 Å². The van der Waals surface area contributed by atoms with Crippen LogP contribution in [0.2, 0.25) is 0 Å². The maximum atomic E-state index is 14.3. The molecule has 8 unspecified atom stereocenters. The molecule has 8 atom stereocenters. The van der Waals surface area contributed by atoms with Gasteiger partial charge in [0.15, 0.2) is 23.3 Å². The van der Waals surface area contributed by atoms with Gasteiger partial charge in [-0.3, -0.25) is 81.8 Å². The van der Waals surface area contributed by atoms with Crippen LogP contribution in [-0.2, 0) is 121 Å². The molecule has 1 aromatic rings. The third-order valence-corrected chi connectivity index (χ3v) is 25.8. The first-order valence-electron chi connectivity index (χ1n) is 54.7. The Morgan fingerprint density at radius 2 is 0.787 bits per heavy atom. The highest BCUT2D eigenvalue weighted by Crippen LogP contribution is 2.20. The van der Waals surface area contributed by atoms with Crippen LogP contribution in [-0.4, -0.2) is 334 Å². The van der Waals surface area contributed by atoms with Crippen molar-refractivity contribution in [2.75, 3.05) is 195 Å². The van der Waals surface area contributed by atoms with E-state index in [9.17, 15) is 82.1 Å². The van der Waals surface area contributed by atoms with E-state index >= 15 is 0 Å². The predicted molar refractivity (Wildman–Crippen MR) is 589 cm³/mol. The summed E-state index contributed by atoms with van der Waals surface area (Å²) in [6, 6.07) is 1.77. The summed E-state index contributed by atoms with van der Waals surface area (Å²) in [5, 5.41) is 42.3. The number of amides is 9. The number of aliphatic imine (C=N–C) groups is 1. The Morgan fingerprint density at radius 1 is 0.380 bits per heavy atom. The number of unbranched alkanes of at least 4 members (excludes halogenated alkanes) is 22. The maximum Gasteiger partial charge on any atom is 0.325 e. The maximum absolute atomic E-state index is 14.3. The molecule has 0 aliphatic rings. The van der Waals surface area contributed by atoms with Gasteiger partial charge < -0.3 is 112 Å². The van der Waals surface area contributed by atoms with E-state index in [-0.39, 0.29) is 113 Å². The summed E-state index contributed by atoms with van der Waals surface area (Å²) in [6.07, 6.45) is 43.2. The van der Waals surface area contributed by atoms with Gasteiger partial charge in [0.1, 0.15) is 30.0 Å². The molecule has 0 aromatic heterocycles. The molecule has 0 saturated heterocycles. The zero-order valence-corrected chi connectivity index (χ0v) is 93.3. The number of nitrogens with zero attached hydrogens (tertiary/aromatic N) is 2. The third-order valence-electron chi connectivity index (χ3n) is 24.4. The molecule has 15 N–H and O–H groups in total. The molecule has 0 aliphatic carbocycles. The van der Waals surface area contributed by atoms with Crippen molar-refractivity contribution in [3.8, 4) is 0 Å². The van der Waals surface area contributed by atoms with Crippen LogP contribution in [0, 0.1) is 17.8 Å². The number of rotatable bonds is 106. The van der Waals surface area contributed by atoms with Gasteiger partial charge in [-0.25, -0.2) is 0 Å². The van der Waals surface area contributed by atoms with Gasteiger partial charge in [0.05, 0.1) is 150 Å². The average Bonchev–Trinajstić information content (AvgIpc) is 0.858. The first kappa shape index (κ1) is 139. The van der Waals surface area contributed by atoms with Crippen molar-refractivity contribution in [3.05, 3.63) is 60.2 Å². The molecule has 1 aromatic carbocycles. The lowest BCUT2D eigenvalue weighted by Crippen LogP contribution is -2.55. The number of nitrogens with one attached hydrogen (secondary N) is 9. The zero-order valence-electron chi connectivity index (χ0n) is 90.6. The molecule has 0 spiro atoms. The lowest BCUT2D eigenvalue weighted by atomic mass is 9.92. The molecule has 0 radical (unpaired) electrons. The number of carboxylic acids is 2. The number of carbonyl (C=O) groups is 15. The van der Waals surface area contributed by atoms with Crippen LogP contribution in [0.25, 0.3) is 0 Å². The largest absolute Gasteiger partial charge is 0.481 e. The number of hydrogen-bond acceptors (Lipinski definition) is 29. The van der Waals surface area contributed by atoms with Crippen molar-refractivity contribution in [1.29, 1.82) is 0 Å². The van der Waals surface area contributed by atoms with Gasteiger partial charge in [0.2, 0.25) is 53.2 Å². The van der Waals surface area contributed by atoms with E-state index in [4.69, 9.17) is 54.1 Å². The number of benzene rings is 1. The number of thioether (sulfide) groups is 1. The number of ketones is 4. The Hall–Kier alpha value is -8.53. The Morgan fingerprint density at radius 3 is 1.24 bits per heavy atom. The average molecular weight is 2180 g/mol. The van der Waals surface area contributed by atoms with E-state index in [2.05, 4.69) is 121 Å². The van der Waals surface area contributed by atoms with Crippen molar-refractivity contribution in [3.63, 3.8) is 0 Å². The number of carbonyl (C=O) groups excluding carboxylic acids is 13. The van der Waals surface area contributed by atoms with Crippen molar-refractivity contribution < 1.29 is 125 Å². The van der Waals surface area contributed by atoms with E-state index in [0.717, 1.165) is 51.4 Å². The SMILES string of the molecule is CCCCCCCC/C=C\CCCCCCCC(=O)CCCN(CCNC(=O)CCCCCCC/C=C\CCCCCCCC)CCNC(=O)CCOCCOCCOCCOCCOCCOCCOCCOCCOCCC(=O)NC(C)C(=O)CC(CS)C(=O)NCC(=O)CC(Cc1ccccc1)C(=O)NC(CCSC)C(=O)NC(CC(=O)O)C(=O)NCC(=O)CC(CCCN=C(N)N)C(=O)NC(CS)C(=O)NC(C)C(=O)O. The molecule has 0 heterocycles. The van der Waals surface area contributed by atoms with Crippen molar-refractivity contribution >= 4 is 131 Å². The number of thiol groups is 2. The Balaban J connectivity index is 2.39. The first-order valence-corrected chi connectivity index (χ1v) is 57.4. The third kappa shape index (κ3) is 82.1. The van der Waals surface area contributed by atoms with Crippen LogP contribution < -0.4 is 59.3 Å². The van der Waals surface area contributed by atoms with Crippen molar-refractivity contribution in [1.82, 2.24) is 52.8 Å². The molecule has 0 saturated carbocycles. The summed E-state index contributed by atoms with van der Waals surface area (Å²) in [6.45, 7) is 14.7. The van der Waals surface area contributed by atoms with Crippen LogP contribution in [0.15, 0.2) is 59.6 Å². The molecule has 42 heteroatoms. The highest BCUT2D eigenvalue weighted by Gasteiger charge is 2.34. The number of nitrogens with two attached hydrogens (primary N) is 2. The lowest BCUT2D eigenvalue weighted by Gasteiger charge is -2.25. The van der Waals surface area contributed by atoms with Gasteiger partial charge in [0, 0.05) is 107 Å². The fourth-order valence-electron chi connectivity index (χ4n) is 15.5. The number of allylic oxidation sites excluding steroid dienone is 4. The van der Waals surface area contributed by atoms with E-state index in [1.807, 2.05) is 0 Å². The van der Waals surface area contributed by atoms with Crippen molar-refractivity contribution in [2.24, 2.45) is 34.2 Å². The first-order chi connectivity index (χ1) is 72.6. The molecular weight excluding hydrogens is 1990 g/mol. The highest BCUT2D eigenvalue weighted by molar-refractivity contribution is 7.98. The summed E-state index contributed by atoms with van der Waals surface area (Å²) in [5.74, 6) is -13.7. The smallest absolute Gasteiger partial charge is 0.325 e. The molecule has 858 valence electrons. The minimum Gasteiger partial charge on any atom is -0.481 e. The van der Waals surface area contributed by atoms with Crippen LogP contribution in [0.3, 0.4) is 0 Å². The highest BCUT2D eigenvalue weighted by atomic mass is 32.2. The molecule has 0 fully saturated rings. The molecule has 150 heavy (non-hydrogen) atoms. The quantitative estimate of drug-likeness (QED) is 0.00948. The predicted octanol–water partition coefficient (Wildman–Crippen LogP) is 9.77. The van der Waals surface area contributed by atoms with Crippen LogP contribution in [0.1, 0.15) is 284 Å². The molecule has 0 aliphatic heterocycles. The number of ether oxygens (including phenoxy) is 9. The van der Waals surface area contributed by atoms with E-state index in [1.165, 1.54) is 148 Å². The lowest BCUT2D eigenvalue weighted by molar-refractivity contribution is -0.142. The number of guanidine groups is 1. The number of hydrogen-bond donors (Lipinski definition) is 15. The monoisotopic (exact) mass is 2180 g/mol. The minimum atomic E-state index is -1.80. The summed E-state index contributed by atoms with van der Waals surface area (Å²) < 4.78 is 50.3. The number of Topliss-reactive ketones (excluding diaryl/α,β-unsaturated/α-hetero) is 4. The Labute approximate surface area is 907 Å². The second-order valence-electron chi connectivity index (χ2n) is 37.5. The molecule has 39 nitrogen and oxygen atoms in total. The molecule has 0 bridgehead atoms. The van der Waals surface area contributed by atoms with Gasteiger partial charge in [-0.15, -0.1) is 0 Å². The summed E-state index contributed by atoms with van der Waals surface area (Å²) >= 11 is 9.69. The van der Waals surface area contributed by atoms with Gasteiger partial charge >= 0.3 is 11.9 Å². The van der Waals surface area contributed by atoms with Crippen LogP contribution >= 0.6 is 37.0 Å². The van der Waals surface area contributed by atoms with E-state index in [0.29, 0.717) is 156 Å². The summed E-state index contributed by atoms with van der Waals surface area (Å²) in [7, 11) is 0. The Bertz CT molecular complexity index is 3840. The fraction of sp³-hybridized carbons (Fsp3) is 0.759. The van der Waals surface area contributed by atoms with Crippen LogP contribution in [0.4, 0.5) is 0 Å². The minimum absolute atomic E-state index is 0.00885. The molecule has 1 rings (SSSR count). The standard InChI is InChI=1S/C108H187N13O26S3/c1-6-8-10-12-14-16-18-20-22-24-26-28-30-32-37-44-90(122)45-40-53-121(54-51-111-97(126)46-38-33-31-29-27-25-23-21-19-17-15-13-11-9-7-2)55-52-112-98(127)47-56-139-58-60-141-62-64-143-66-68-145-70-72-147-73-71-146-69-67-144-65-63-142-61-59-140-57-48-99(128)116-84(3)96(125)78-89(82-148)101(131)114-80-92(124)77-88(75-86-41-35-34-36-42-86)103(133)118-93(49-74-150-5)105(135)119-94(79-100(129)130)104(134)115-81-91(123)76-87(43-39-50-113-108(109)110)102(132)120-95(83-149)106(136)117-85(4)107(137)138/h20-23,34-36,41-42,84-85,87-89,93-95,148-149H,6-19,24-33,37-40,43-83H2,1-5H3,(H,111,126)(H,112,127)(H,114,131)(H,115,134)(H,116,128)(H,117,136)(H,118,133)(H,119,135)(H,120,132)(H,129,130)(H,137,138)(H4,109,110,113)/b22-20-,23-21-. The number of aliphatic carboxylic acids is 2. The van der Waals surface area contributed by atoms with Gasteiger partial charge in [0.25, 0.3) is 0 Å². The second-order valence-corrected chi connectivity index (χ2v) is 39.2. The summed E-state index contributed by atoms with van der Waals surface area (Å²) in [5.41, 5.74) is 11.5. The van der Waals surface area contributed by atoms with E-state index in [1.54, 1.807) is 36.6 Å². The topological polar surface area (TPSA) is 555 Å². The van der Waals surface area contributed by atoms with E-state index < -0.39 is 151 Å². The van der Waals surface area contributed by atoms with Crippen molar-refractivity contribution in [2.45, 2.75) is 315 Å².